The molecule has 0 aromatic heterocycles. The van der Waals surface area contributed by atoms with Crippen LogP contribution in [0.3, 0.4) is 0 Å². The van der Waals surface area contributed by atoms with Gasteiger partial charge in [0.1, 0.15) is 5.75 Å². The number of nitrogens with two attached hydrogens (primary N) is 1. The molecule has 1 saturated heterocycles. The van der Waals surface area contributed by atoms with E-state index in [-0.39, 0.29) is 6.04 Å². The van der Waals surface area contributed by atoms with Gasteiger partial charge in [0.05, 0.1) is 12.6 Å². The molecule has 1 aromatic carbocycles. The van der Waals surface area contributed by atoms with Gasteiger partial charge in [-0.3, -0.25) is 4.99 Å². The summed E-state index contributed by atoms with van der Waals surface area (Å²) in [6, 6.07) is 8.34. The molecule has 1 fully saturated rings. The van der Waals surface area contributed by atoms with Gasteiger partial charge in [0, 0.05) is 25.1 Å². The van der Waals surface area contributed by atoms with Crippen LogP contribution in [-0.4, -0.2) is 44.1 Å². The van der Waals surface area contributed by atoms with Gasteiger partial charge in [0.2, 0.25) is 0 Å². The fourth-order valence-corrected chi connectivity index (χ4v) is 3.59. The van der Waals surface area contributed by atoms with Crippen LogP contribution in [0.4, 0.5) is 0 Å². The second kappa shape index (κ2) is 7.68. The summed E-state index contributed by atoms with van der Waals surface area (Å²) in [7, 11) is 2.20. The van der Waals surface area contributed by atoms with Gasteiger partial charge >= 0.3 is 0 Å². The molecule has 23 heavy (non-hydrogen) atoms. The number of fused-ring (bicyclic) bond motifs is 1. The third-order valence-electron chi connectivity index (χ3n) is 4.82. The maximum atomic E-state index is 6.09. The van der Waals surface area contributed by atoms with E-state index in [1.165, 1.54) is 31.5 Å². The normalized spacial score (nSPS) is 25.5. The lowest BCUT2D eigenvalue weighted by Gasteiger charge is -2.29. The number of likely N-dealkylation sites (tertiary alicyclic amines) is 1. The fourth-order valence-electron chi connectivity index (χ4n) is 3.59. The molecule has 5 heteroatoms. The number of hydrogen-bond donors (Lipinski definition) is 2. The third kappa shape index (κ3) is 4.38. The van der Waals surface area contributed by atoms with Gasteiger partial charge < -0.3 is 20.7 Å². The predicted molar refractivity (Wildman–Crippen MR) is 93.8 cm³/mol. The van der Waals surface area contributed by atoms with Crippen molar-refractivity contribution in [3.8, 4) is 5.75 Å². The molecule has 5 nitrogen and oxygen atoms in total. The Morgan fingerprint density at radius 1 is 1.39 bits per heavy atom. The van der Waals surface area contributed by atoms with Crippen LogP contribution in [-0.2, 0) is 0 Å². The van der Waals surface area contributed by atoms with Crippen LogP contribution in [0, 0.1) is 5.92 Å². The Morgan fingerprint density at radius 3 is 3.13 bits per heavy atom. The molecule has 0 saturated carbocycles. The van der Waals surface area contributed by atoms with Crippen molar-refractivity contribution in [1.29, 1.82) is 0 Å². The number of hydrogen-bond acceptors (Lipinski definition) is 3. The molecule has 1 aromatic rings. The number of aliphatic imine (C=N–C) groups is 1. The molecule has 2 aliphatic rings. The highest BCUT2D eigenvalue weighted by Crippen LogP contribution is 2.31. The van der Waals surface area contributed by atoms with Gasteiger partial charge in [0.15, 0.2) is 5.96 Å². The highest BCUT2D eigenvalue weighted by atomic mass is 16.5. The van der Waals surface area contributed by atoms with Gasteiger partial charge in [-0.05, 0) is 44.8 Å². The zero-order valence-electron chi connectivity index (χ0n) is 14.0. The monoisotopic (exact) mass is 316 g/mol. The molecule has 3 rings (SSSR count). The molecule has 2 aliphatic heterocycles. The van der Waals surface area contributed by atoms with E-state index in [0.29, 0.717) is 5.96 Å². The summed E-state index contributed by atoms with van der Waals surface area (Å²) >= 11 is 0. The highest BCUT2D eigenvalue weighted by Gasteiger charge is 2.21. The second-order valence-corrected chi connectivity index (χ2v) is 6.70. The number of piperidine rings is 1. The summed E-state index contributed by atoms with van der Waals surface area (Å²) in [6.45, 7) is 3.95. The first-order valence-electron chi connectivity index (χ1n) is 8.69. The smallest absolute Gasteiger partial charge is 0.189 e. The minimum atomic E-state index is 0.199. The lowest BCUT2D eigenvalue weighted by Crippen LogP contribution is -2.37. The molecule has 2 unspecified atom stereocenters. The van der Waals surface area contributed by atoms with Gasteiger partial charge in [-0.15, -0.1) is 0 Å². The number of para-hydroxylation sites is 1. The maximum absolute atomic E-state index is 6.09. The molecule has 126 valence electrons. The number of ether oxygens (including phenoxy) is 1. The Morgan fingerprint density at radius 2 is 2.26 bits per heavy atom. The van der Waals surface area contributed by atoms with Crippen molar-refractivity contribution in [1.82, 2.24) is 10.2 Å². The zero-order chi connectivity index (χ0) is 16.1. The van der Waals surface area contributed by atoms with Crippen LogP contribution in [0.2, 0.25) is 0 Å². The third-order valence-corrected chi connectivity index (χ3v) is 4.82. The van der Waals surface area contributed by atoms with Crippen molar-refractivity contribution in [2.24, 2.45) is 16.6 Å². The van der Waals surface area contributed by atoms with Crippen molar-refractivity contribution in [3.05, 3.63) is 29.8 Å². The largest absolute Gasteiger partial charge is 0.493 e. The molecule has 2 atom stereocenters. The highest BCUT2D eigenvalue weighted by molar-refractivity contribution is 5.78. The summed E-state index contributed by atoms with van der Waals surface area (Å²) in [5.41, 5.74) is 7.26. The first-order valence-corrected chi connectivity index (χ1v) is 8.69. The predicted octanol–water partition coefficient (Wildman–Crippen LogP) is 2.15. The molecular formula is C18H28N4O. The fraction of sp³-hybridized carbons (Fsp3) is 0.611. The number of benzene rings is 1. The first-order chi connectivity index (χ1) is 11.2. The summed E-state index contributed by atoms with van der Waals surface area (Å²) < 4.78 is 5.68. The molecule has 0 aliphatic carbocycles. The lowest BCUT2D eigenvalue weighted by atomic mass is 9.95. The molecule has 0 spiro atoms. The minimum absolute atomic E-state index is 0.199. The van der Waals surface area contributed by atoms with E-state index < -0.39 is 0 Å². The van der Waals surface area contributed by atoms with Gasteiger partial charge in [0.25, 0.3) is 0 Å². The summed E-state index contributed by atoms with van der Waals surface area (Å²) in [4.78, 5) is 6.95. The summed E-state index contributed by atoms with van der Waals surface area (Å²) in [5, 5.41) is 3.36. The van der Waals surface area contributed by atoms with E-state index in [4.69, 9.17) is 10.5 Å². The van der Waals surface area contributed by atoms with E-state index in [2.05, 4.69) is 28.3 Å². The van der Waals surface area contributed by atoms with Crippen LogP contribution in [0.1, 0.15) is 37.3 Å². The van der Waals surface area contributed by atoms with Gasteiger partial charge in [-0.2, -0.15) is 0 Å². The van der Waals surface area contributed by atoms with Crippen molar-refractivity contribution >= 4 is 5.96 Å². The SMILES string of the molecule is CN1CCCC(CCN=C(N)NC2CCOc3ccccc32)C1. The van der Waals surface area contributed by atoms with Crippen LogP contribution < -0.4 is 15.8 Å². The molecule has 0 amide bonds. The number of nitrogens with zero attached hydrogens (tertiary/aromatic N) is 2. The minimum Gasteiger partial charge on any atom is -0.493 e. The quantitative estimate of drug-likeness (QED) is 0.660. The van der Waals surface area contributed by atoms with Crippen molar-refractivity contribution in [2.75, 3.05) is 33.3 Å². The topological polar surface area (TPSA) is 62.9 Å². The number of nitrogens with one attached hydrogen (secondary N) is 1. The molecule has 0 radical (unpaired) electrons. The van der Waals surface area contributed by atoms with Crippen LogP contribution in [0.5, 0.6) is 5.75 Å². The Labute approximate surface area is 138 Å². The van der Waals surface area contributed by atoms with Gasteiger partial charge in [-0.25, -0.2) is 0 Å². The molecule has 0 bridgehead atoms. The van der Waals surface area contributed by atoms with Crippen molar-refractivity contribution in [2.45, 2.75) is 31.7 Å². The summed E-state index contributed by atoms with van der Waals surface area (Å²) in [5.74, 6) is 2.26. The average molecular weight is 316 g/mol. The van der Waals surface area contributed by atoms with Crippen molar-refractivity contribution < 1.29 is 4.74 Å². The van der Waals surface area contributed by atoms with E-state index in [0.717, 1.165) is 37.7 Å². The lowest BCUT2D eigenvalue weighted by molar-refractivity contribution is 0.204. The zero-order valence-corrected chi connectivity index (χ0v) is 14.0. The average Bonchev–Trinajstić information content (AvgIpc) is 2.55. The van der Waals surface area contributed by atoms with Crippen LogP contribution in [0.25, 0.3) is 0 Å². The molecule has 2 heterocycles. The van der Waals surface area contributed by atoms with Crippen molar-refractivity contribution in [3.63, 3.8) is 0 Å². The van der Waals surface area contributed by atoms with E-state index in [1.54, 1.807) is 0 Å². The standard InChI is InChI=1S/C18H28N4O/c1-22-11-4-5-14(13-22)8-10-20-18(19)21-16-9-12-23-17-7-3-2-6-15(16)17/h2-3,6-7,14,16H,4-5,8-13H2,1H3,(H3,19,20,21). The number of rotatable bonds is 4. The Kier molecular flexibility index (Phi) is 5.39. The van der Waals surface area contributed by atoms with Gasteiger partial charge in [-0.1, -0.05) is 18.2 Å². The Hall–Kier alpha value is -1.75. The second-order valence-electron chi connectivity index (χ2n) is 6.70. The Bertz CT molecular complexity index is 546. The summed E-state index contributed by atoms with van der Waals surface area (Å²) in [6.07, 6.45) is 4.66. The molecular weight excluding hydrogens is 288 g/mol. The van der Waals surface area contributed by atoms with E-state index >= 15 is 0 Å². The van der Waals surface area contributed by atoms with E-state index in [9.17, 15) is 0 Å². The van der Waals surface area contributed by atoms with Crippen LogP contribution in [0.15, 0.2) is 29.3 Å². The Balaban J connectivity index is 1.50. The van der Waals surface area contributed by atoms with Crippen LogP contribution >= 0.6 is 0 Å². The van der Waals surface area contributed by atoms with E-state index in [1.807, 2.05) is 18.2 Å². The maximum Gasteiger partial charge on any atom is 0.189 e. The number of guanidine groups is 1. The molecule has 3 N–H and O–H groups in total. The first kappa shape index (κ1) is 16.1.